The molecule has 0 radical (unpaired) electrons. The zero-order valence-electron chi connectivity index (χ0n) is 17.0. The molecule has 0 aliphatic heterocycles. The molecule has 152 valence electrons. The van der Waals surface area contributed by atoms with Gasteiger partial charge in [0.05, 0.1) is 26.4 Å². The summed E-state index contributed by atoms with van der Waals surface area (Å²) in [4.78, 5) is 4.79. The Kier molecular flexibility index (Phi) is 10.6. The van der Waals surface area contributed by atoms with Gasteiger partial charge in [-0.25, -0.2) is 4.99 Å². The minimum absolute atomic E-state index is 0.533. The molecule has 0 bridgehead atoms. The van der Waals surface area contributed by atoms with Crippen molar-refractivity contribution < 1.29 is 9.47 Å². The first-order chi connectivity index (χ1) is 13.2. The second kappa shape index (κ2) is 13.0. The summed E-state index contributed by atoms with van der Waals surface area (Å²) < 4.78 is 11.0. The van der Waals surface area contributed by atoms with Gasteiger partial charge in [0.25, 0.3) is 0 Å². The first-order valence-electron chi connectivity index (χ1n) is 10.1. The van der Waals surface area contributed by atoms with Crippen LogP contribution in [0.2, 0.25) is 0 Å². The molecule has 0 amide bonds. The Hall–Kier alpha value is -1.24. The van der Waals surface area contributed by atoms with Crippen LogP contribution in [-0.2, 0) is 22.6 Å². The number of benzene rings is 1. The van der Waals surface area contributed by atoms with Gasteiger partial charge in [0.2, 0.25) is 0 Å². The molecule has 1 aromatic carbocycles. The van der Waals surface area contributed by atoms with Crippen LogP contribution in [0.3, 0.4) is 0 Å². The van der Waals surface area contributed by atoms with Crippen LogP contribution in [-0.4, -0.2) is 49.9 Å². The fourth-order valence-corrected chi connectivity index (χ4v) is 4.04. The molecule has 0 heterocycles. The third-order valence-electron chi connectivity index (χ3n) is 4.66. The molecule has 2 N–H and O–H groups in total. The number of guanidine groups is 1. The second-order valence-corrected chi connectivity index (χ2v) is 7.91. The van der Waals surface area contributed by atoms with E-state index in [1.165, 1.54) is 30.4 Å². The highest BCUT2D eigenvalue weighted by Gasteiger charge is 2.24. The maximum absolute atomic E-state index is 5.66. The van der Waals surface area contributed by atoms with Crippen LogP contribution < -0.4 is 10.6 Å². The summed E-state index contributed by atoms with van der Waals surface area (Å²) in [5.41, 5.74) is 2.38. The fraction of sp³-hybridized carbons (Fsp3) is 0.667. The van der Waals surface area contributed by atoms with Crippen molar-refractivity contribution in [2.24, 2.45) is 4.99 Å². The van der Waals surface area contributed by atoms with E-state index in [1.54, 1.807) is 0 Å². The van der Waals surface area contributed by atoms with E-state index in [1.807, 2.05) is 18.7 Å². The normalized spacial score (nSPS) is 20.0. The van der Waals surface area contributed by atoms with Crippen molar-refractivity contribution in [3.8, 4) is 0 Å². The molecule has 0 saturated heterocycles. The van der Waals surface area contributed by atoms with Gasteiger partial charge in [0.1, 0.15) is 0 Å². The molecule has 1 saturated carbocycles. The van der Waals surface area contributed by atoms with Crippen molar-refractivity contribution in [1.82, 2.24) is 10.6 Å². The predicted molar refractivity (Wildman–Crippen MR) is 115 cm³/mol. The highest BCUT2D eigenvalue weighted by atomic mass is 32.2. The molecule has 6 heteroatoms. The van der Waals surface area contributed by atoms with Crippen molar-refractivity contribution in [3.05, 3.63) is 35.4 Å². The van der Waals surface area contributed by atoms with Crippen LogP contribution >= 0.6 is 11.8 Å². The molecule has 1 aromatic rings. The highest BCUT2D eigenvalue weighted by molar-refractivity contribution is 7.99. The number of ether oxygens (including phenoxy) is 2. The van der Waals surface area contributed by atoms with Gasteiger partial charge in [-0.15, -0.1) is 0 Å². The van der Waals surface area contributed by atoms with Gasteiger partial charge in [-0.1, -0.05) is 24.3 Å². The van der Waals surface area contributed by atoms with Crippen LogP contribution in [0.15, 0.2) is 29.3 Å². The highest BCUT2D eigenvalue weighted by Crippen LogP contribution is 2.28. The van der Waals surface area contributed by atoms with E-state index in [2.05, 4.69) is 48.1 Å². The second-order valence-electron chi connectivity index (χ2n) is 6.78. The molecule has 2 unspecified atom stereocenters. The monoisotopic (exact) mass is 393 g/mol. The SMILES string of the molecule is CCNC(=NCc1cccc(COCCOCC)c1)NC1CCC(SC)C1. The number of nitrogens with zero attached hydrogens (tertiary/aromatic N) is 1. The Morgan fingerprint density at radius 3 is 2.74 bits per heavy atom. The van der Waals surface area contributed by atoms with Crippen LogP contribution in [0, 0.1) is 0 Å². The van der Waals surface area contributed by atoms with Crippen LogP contribution in [0.1, 0.15) is 44.2 Å². The minimum atomic E-state index is 0.533. The Labute approximate surface area is 168 Å². The maximum Gasteiger partial charge on any atom is 0.191 e. The van der Waals surface area contributed by atoms with Crippen molar-refractivity contribution in [2.75, 3.05) is 32.6 Å². The van der Waals surface area contributed by atoms with Crippen molar-refractivity contribution >= 4 is 17.7 Å². The number of hydrogen-bond donors (Lipinski definition) is 2. The van der Waals surface area contributed by atoms with Crippen LogP contribution in [0.4, 0.5) is 0 Å². The number of rotatable bonds is 11. The summed E-state index contributed by atoms with van der Waals surface area (Å²) in [6.45, 7) is 8.27. The van der Waals surface area contributed by atoms with Crippen molar-refractivity contribution in [1.29, 1.82) is 0 Å². The quantitative estimate of drug-likeness (QED) is 0.342. The van der Waals surface area contributed by atoms with Gasteiger partial charge in [-0.3, -0.25) is 0 Å². The molecule has 1 aliphatic rings. The lowest BCUT2D eigenvalue weighted by molar-refractivity contribution is 0.0453. The van der Waals surface area contributed by atoms with Gasteiger partial charge < -0.3 is 20.1 Å². The Morgan fingerprint density at radius 1 is 1.19 bits per heavy atom. The summed E-state index contributed by atoms with van der Waals surface area (Å²) >= 11 is 1.98. The summed E-state index contributed by atoms with van der Waals surface area (Å²) in [7, 11) is 0. The predicted octanol–water partition coefficient (Wildman–Crippen LogP) is 3.58. The molecule has 0 aromatic heterocycles. The third-order valence-corrected chi connectivity index (χ3v) is 5.75. The lowest BCUT2D eigenvalue weighted by Crippen LogP contribution is -2.42. The van der Waals surface area contributed by atoms with Crippen molar-refractivity contribution in [3.63, 3.8) is 0 Å². The topological polar surface area (TPSA) is 54.9 Å². The largest absolute Gasteiger partial charge is 0.379 e. The molecule has 0 spiro atoms. The minimum Gasteiger partial charge on any atom is -0.379 e. The standard InChI is InChI=1S/C21H35N3O2S/c1-4-22-21(24-19-9-10-20(14-19)27-3)23-15-17-7-6-8-18(13-17)16-26-12-11-25-5-2/h6-8,13,19-20H,4-5,9-12,14-16H2,1-3H3,(H2,22,23,24). The average molecular weight is 394 g/mol. The summed E-state index contributed by atoms with van der Waals surface area (Å²) in [6, 6.07) is 9.00. The number of aliphatic imine (C=N–C) groups is 1. The van der Waals surface area contributed by atoms with Crippen LogP contribution in [0.5, 0.6) is 0 Å². The van der Waals surface area contributed by atoms with Gasteiger partial charge in [-0.05, 0) is 50.5 Å². The molecule has 1 fully saturated rings. The smallest absolute Gasteiger partial charge is 0.191 e. The average Bonchev–Trinajstić information content (AvgIpc) is 3.14. The van der Waals surface area contributed by atoms with Gasteiger partial charge in [-0.2, -0.15) is 11.8 Å². The van der Waals surface area contributed by atoms with E-state index < -0.39 is 0 Å². The number of thioether (sulfide) groups is 1. The molecule has 27 heavy (non-hydrogen) atoms. The zero-order chi connectivity index (χ0) is 19.3. The molecule has 1 aliphatic carbocycles. The molecular weight excluding hydrogens is 358 g/mol. The third kappa shape index (κ3) is 8.54. The summed E-state index contributed by atoms with van der Waals surface area (Å²) in [6.07, 6.45) is 5.95. The lowest BCUT2D eigenvalue weighted by Gasteiger charge is -2.17. The molecule has 2 rings (SSSR count). The zero-order valence-corrected chi connectivity index (χ0v) is 17.8. The Bertz CT molecular complexity index is 568. The molecule has 5 nitrogen and oxygen atoms in total. The van der Waals surface area contributed by atoms with E-state index >= 15 is 0 Å². The van der Waals surface area contributed by atoms with Crippen molar-refractivity contribution in [2.45, 2.75) is 57.6 Å². The van der Waals surface area contributed by atoms with E-state index in [9.17, 15) is 0 Å². The summed E-state index contributed by atoms with van der Waals surface area (Å²) in [5, 5.41) is 7.76. The number of nitrogens with one attached hydrogen (secondary N) is 2. The lowest BCUT2D eigenvalue weighted by atomic mass is 10.1. The maximum atomic E-state index is 5.66. The molecule has 2 atom stereocenters. The van der Waals surface area contributed by atoms with Gasteiger partial charge in [0.15, 0.2) is 5.96 Å². The van der Waals surface area contributed by atoms with E-state index in [4.69, 9.17) is 14.5 Å². The van der Waals surface area contributed by atoms with E-state index in [0.717, 1.165) is 24.4 Å². The van der Waals surface area contributed by atoms with Gasteiger partial charge >= 0.3 is 0 Å². The van der Waals surface area contributed by atoms with E-state index in [0.29, 0.717) is 32.4 Å². The van der Waals surface area contributed by atoms with Crippen LogP contribution in [0.25, 0.3) is 0 Å². The molecular formula is C21H35N3O2S. The first kappa shape index (κ1) is 22.1. The van der Waals surface area contributed by atoms with Gasteiger partial charge in [0, 0.05) is 24.4 Å². The Morgan fingerprint density at radius 2 is 2.00 bits per heavy atom. The number of hydrogen-bond acceptors (Lipinski definition) is 4. The Balaban J connectivity index is 1.84. The first-order valence-corrected chi connectivity index (χ1v) is 11.3. The summed E-state index contributed by atoms with van der Waals surface area (Å²) in [5.74, 6) is 0.919. The van der Waals surface area contributed by atoms with E-state index in [-0.39, 0.29) is 0 Å². The fourth-order valence-electron chi connectivity index (χ4n) is 3.24.